The van der Waals surface area contributed by atoms with Gasteiger partial charge in [-0.05, 0) is 39.0 Å². The van der Waals surface area contributed by atoms with Gasteiger partial charge in [0.25, 0.3) is 5.56 Å². The van der Waals surface area contributed by atoms with Crippen LogP contribution < -0.4 is 10.3 Å². The summed E-state index contributed by atoms with van der Waals surface area (Å²) in [5.41, 5.74) is -0.531. The van der Waals surface area contributed by atoms with Crippen LogP contribution in [0.25, 0.3) is 10.9 Å². The lowest BCUT2D eigenvalue weighted by Crippen LogP contribution is -2.28. The number of rotatable bonds is 1. The van der Waals surface area contributed by atoms with Gasteiger partial charge in [0.1, 0.15) is 11.4 Å². The van der Waals surface area contributed by atoms with Gasteiger partial charge in [-0.3, -0.25) is 9.89 Å². The maximum atomic E-state index is 12.0. The number of H-pyrrole nitrogens is 1. The van der Waals surface area contributed by atoms with Crippen molar-refractivity contribution in [3.63, 3.8) is 0 Å². The molecule has 0 saturated heterocycles. The van der Waals surface area contributed by atoms with Gasteiger partial charge >= 0.3 is 6.09 Å². The first-order valence-corrected chi connectivity index (χ1v) is 5.84. The van der Waals surface area contributed by atoms with Crippen molar-refractivity contribution in [3.8, 4) is 5.75 Å². The topological polar surface area (TPSA) is 73.3 Å². The quantitative estimate of drug-likeness (QED) is 0.856. The van der Waals surface area contributed by atoms with E-state index in [1.54, 1.807) is 39.0 Å². The van der Waals surface area contributed by atoms with E-state index in [0.29, 0.717) is 16.7 Å². The van der Waals surface area contributed by atoms with Crippen LogP contribution >= 0.6 is 0 Å². The average molecular weight is 264 g/mol. The maximum Gasteiger partial charge on any atom is 0.434 e. The Morgan fingerprint density at radius 3 is 2.58 bits per heavy atom. The third kappa shape index (κ3) is 2.62. The van der Waals surface area contributed by atoms with E-state index in [0.717, 1.165) is 4.68 Å². The summed E-state index contributed by atoms with van der Waals surface area (Å²) in [5.74, 6) is 0.555. The molecule has 2 aromatic rings. The van der Waals surface area contributed by atoms with Gasteiger partial charge in [-0.2, -0.15) is 4.68 Å². The number of aromatic nitrogens is 2. The van der Waals surface area contributed by atoms with Crippen molar-refractivity contribution < 1.29 is 14.3 Å². The van der Waals surface area contributed by atoms with E-state index in [-0.39, 0.29) is 5.56 Å². The Hall–Kier alpha value is -2.24. The number of carbonyl (C=O) groups is 1. The second-order valence-corrected chi connectivity index (χ2v) is 5.14. The largest absolute Gasteiger partial charge is 0.497 e. The van der Waals surface area contributed by atoms with Gasteiger partial charge in [-0.15, -0.1) is 0 Å². The molecule has 0 aliphatic heterocycles. The fourth-order valence-corrected chi connectivity index (χ4v) is 1.69. The van der Waals surface area contributed by atoms with Crippen molar-refractivity contribution in [2.24, 2.45) is 0 Å². The third-order valence-corrected chi connectivity index (χ3v) is 2.48. The molecule has 1 aromatic carbocycles. The van der Waals surface area contributed by atoms with Crippen molar-refractivity contribution >= 4 is 17.0 Å². The van der Waals surface area contributed by atoms with Crippen LogP contribution in [0.15, 0.2) is 23.0 Å². The number of nitrogens with zero attached hydrogens (tertiary/aromatic N) is 1. The summed E-state index contributed by atoms with van der Waals surface area (Å²) in [7, 11) is 1.51. The van der Waals surface area contributed by atoms with Crippen LogP contribution in [-0.2, 0) is 4.74 Å². The Balaban J connectivity index is 2.51. The SMILES string of the molecule is COc1ccc2c(c1)c(=O)[nH]n2C(=O)OC(C)(C)C. The van der Waals surface area contributed by atoms with Crippen molar-refractivity contribution in [3.05, 3.63) is 28.6 Å². The van der Waals surface area contributed by atoms with Gasteiger partial charge < -0.3 is 9.47 Å². The van der Waals surface area contributed by atoms with Crippen molar-refractivity contribution in [2.45, 2.75) is 26.4 Å². The predicted molar refractivity (Wildman–Crippen MR) is 70.7 cm³/mol. The average Bonchev–Trinajstić information content (AvgIpc) is 2.64. The number of nitrogens with one attached hydrogen (secondary N) is 1. The molecule has 0 aliphatic rings. The number of hydrogen-bond donors (Lipinski definition) is 1. The summed E-state index contributed by atoms with van der Waals surface area (Å²) < 4.78 is 11.4. The Morgan fingerprint density at radius 1 is 1.32 bits per heavy atom. The monoisotopic (exact) mass is 264 g/mol. The molecule has 0 fully saturated rings. The fourth-order valence-electron chi connectivity index (χ4n) is 1.69. The summed E-state index contributed by atoms with van der Waals surface area (Å²) in [6.07, 6.45) is -0.621. The molecule has 0 unspecified atom stereocenters. The molecule has 0 amide bonds. The van der Waals surface area contributed by atoms with Crippen LogP contribution in [0.4, 0.5) is 4.79 Å². The first kappa shape index (κ1) is 13.2. The molecule has 102 valence electrons. The lowest BCUT2D eigenvalue weighted by Gasteiger charge is -2.19. The highest BCUT2D eigenvalue weighted by Gasteiger charge is 2.20. The van der Waals surface area contributed by atoms with Gasteiger partial charge in [0, 0.05) is 0 Å². The van der Waals surface area contributed by atoms with Crippen molar-refractivity contribution in [2.75, 3.05) is 7.11 Å². The normalized spacial score (nSPS) is 11.6. The van der Waals surface area contributed by atoms with Crippen LogP contribution in [0.3, 0.4) is 0 Å². The minimum absolute atomic E-state index is 0.361. The number of ether oxygens (including phenoxy) is 2. The van der Waals surface area contributed by atoms with Gasteiger partial charge in [0.2, 0.25) is 0 Å². The zero-order valence-electron chi connectivity index (χ0n) is 11.3. The summed E-state index contributed by atoms with van der Waals surface area (Å²) in [5, 5.41) is 2.84. The zero-order chi connectivity index (χ0) is 14.2. The molecule has 1 N–H and O–H groups in total. The lowest BCUT2D eigenvalue weighted by molar-refractivity contribution is 0.0522. The van der Waals surface area contributed by atoms with Crippen LogP contribution in [0, 0.1) is 0 Å². The highest BCUT2D eigenvalue weighted by molar-refractivity contribution is 5.88. The molecule has 1 aromatic heterocycles. The van der Waals surface area contributed by atoms with Crippen molar-refractivity contribution in [1.82, 2.24) is 9.78 Å². The Bertz CT molecular complexity index is 676. The molecule has 0 atom stereocenters. The number of aromatic amines is 1. The van der Waals surface area contributed by atoms with Crippen LogP contribution in [0.2, 0.25) is 0 Å². The van der Waals surface area contributed by atoms with E-state index >= 15 is 0 Å². The lowest BCUT2D eigenvalue weighted by atomic mass is 10.2. The van der Waals surface area contributed by atoms with Crippen LogP contribution in [0.5, 0.6) is 5.75 Å². The Morgan fingerprint density at radius 2 is 2.00 bits per heavy atom. The molecule has 0 aliphatic carbocycles. The zero-order valence-corrected chi connectivity index (χ0v) is 11.3. The van der Waals surface area contributed by atoms with E-state index < -0.39 is 11.7 Å². The second-order valence-electron chi connectivity index (χ2n) is 5.14. The minimum Gasteiger partial charge on any atom is -0.497 e. The van der Waals surface area contributed by atoms with Crippen molar-refractivity contribution in [1.29, 1.82) is 0 Å². The summed E-state index contributed by atoms with van der Waals surface area (Å²) in [4.78, 5) is 23.8. The number of hydrogen-bond acceptors (Lipinski definition) is 4. The summed E-state index contributed by atoms with van der Waals surface area (Å²) in [6.45, 7) is 5.28. The smallest absolute Gasteiger partial charge is 0.434 e. The molecule has 0 saturated carbocycles. The molecule has 6 heteroatoms. The molecule has 19 heavy (non-hydrogen) atoms. The van der Waals surface area contributed by atoms with E-state index in [2.05, 4.69) is 5.10 Å². The third-order valence-electron chi connectivity index (χ3n) is 2.48. The predicted octanol–water partition coefficient (Wildman–Crippen LogP) is 2.12. The minimum atomic E-state index is -0.628. The molecule has 0 spiro atoms. The standard InChI is InChI=1S/C13H16N2O4/c1-13(2,3)19-12(17)15-10-6-5-8(18-4)7-9(10)11(16)14-15/h5-7H,1-4H3,(H,14,16). The summed E-state index contributed by atoms with van der Waals surface area (Å²) in [6, 6.07) is 4.89. The molecule has 6 nitrogen and oxygen atoms in total. The van der Waals surface area contributed by atoms with Gasteiger partial charge in [-0.25, -0.2) is 4.79 Å². The van der Waals surface area contributed by atoms with Gasteiger partial charge in [0.15, 0.2) is 0 Å². The molecule has 0 bridgehead atoms. The molecule has 1 heterocycles. The van der Waals surface area contributed by atoms with E-state index in [1.807, 2.05) is 0 Å². The molecular weight excluding hydrogens is 248 g/mol. The highest BCUT2D eigenvalue weighted by atomic mass is 16.6. The first-order valence-electron chi connectivity index (χ1n) is 5.84. The highest BCUT2D eigenvalue weighted by Crippen LogP contribution is 2.18. The van der Waals surface area contributed by atoms with E-state index in [9.17, 15) is 9.59 Å². The van der Waals surface area contributed by atoms with E-state index in [4.69, 9.17) is 9.47 Å². The molecular formula is C13H16N2O4. The summed E-state index contributed by atoms with van der Waals surface area (Å²) >= 11 is 0. The number of carbonyl (C=O) groups excluding carboxylic acids is 1. The Labute approximate surface area is 109 Å². The molecule has 2 rings (SSSR count). The second kappa shape index (κ2) is 4.46. The number of fused-ring (bicyclic) bond motifs is 1. The number of benzene rings is 1. The van der Waals surface area contributed by atoms with E-state index in [1.165, 1.54) is 7.11 Å². The first-order chi connectivity index (χ1) is 8.81. The fraction of sp³-hybridized carbons (Fsp3) is 0.385. The maximum absolute atomic E-state index is 12.0. The molecule has 0 radical (unpaired) electrons. The Kier molecular flexibility index (Phi) is 3.09. The van der Waals surface area contributed by atoms with Crippen LogP contribution in [0.1, 0.15) is 20.8 Å². The van der Waals surface area contributed by atoms with Gasteiger partial charge in [-0.1, -0.05) is 0 Å². The van der Waals surface area contributed by atoms with Crippen LogP contribution in [-0.4, -0.2) is 28.6 Å². The number of methoxy groups -OCH3 is 1. The van der Waals surface area contributed by atoms with Gasteiger partial charge in [0.05, 0.1) is 18.0 Å².